The number of carbonyl (C=O) groups excluding carboxylic acids is 1. The third-order valence-corrected chi connectivity index (χ3v) is 6.92. The Morgan fingerprint density at radius 3 is 2.15 bits per heavy atom. The normalized spacial score (nSPS) is 20.2. The first-order valence-electron chi connectivity index (χ1n) is 12.6. The maximum Gasteiger partial charge on any atom is 0.407 e. The summed E-state index contributed by atoms with van der Waals surface area (Å²) in [5.41, 5.74) is -0.783. The van der Waals surface area contributed by atoms with Crippen molar-refractivity contribution >= 4 is 5.91 Å². The molecule has 39 heavy (non-hydrogen) atoms. The fourth-order valence-electron chi connectivity index (χ4n) is 4.87. The molecule has 1 aliphatic carbocycles. The molecule has 1 amide bonds. The van der Waals surface area contributed by atoms with Gasteiger partial charge in [0.2, 0.25) is 5.91 Å². The third kappa shape index (κ3) is 6.28. The van der Waals surface area contributed by atoms with E-state index >= 15 is 0 Å². The number of hydrogen-bond acceptors (Lipinski definition) is 3. The minimum Gasteiger partial charge on any atom is -0.336 e. The number of hydrogen-bond donors (Lipinski definition) is 2. The molecule has 4 rings (SSSR count). The fraction of sp³-hybridized carbons (Fsp3) is 0.333. The molecule has 3 aromatic rings. The molecule has 3 aromatic carbocycles. The average Bonchev–Trinajstić information content (AvgIpc) is 3.61. The molecule has 1 aliphatic rings. The Hall–Kier alpha value is -3.77. The summed E-state index contributed by atoms with van der Waals surface area (Å²) in [5.74, 6) is -2.74. The summed E-state index contributed by atoms with van der Waals surface area (Å²) in [4.78, 5) is 13.3. The van der Waals surface area contributed by atoms with Gasteiger partial charge in [0.1, 0.15) is 23.2 Å². The number of alkyl halides is 3. The molecular formula is C30H28F5N3O. The van der Waals surface area contributed by atoms with E-state index in [0.29, 0.717) is 6.42 Å². The highest BCUT2D eigenvalue weighted by atomic mass is 19.4. The first kappa shape index (κ1) is 28.2. The van der Waals surface area contributed by atoms with Crippen molar-refractivity contribution in [2.75, 3.05) is 0 Å². The molecule has 0 unspecified atom stereocenters. The SMILES string of the molecule is CC(C)C[C@H](N[C@@H](c1ccc(-c2c(F)cccc2F)cc1)C(F)(F)F)C(=O)N[C@@]1(C#N)C[C@H]1c1ccccc1. The number of benzene rings is 3. The maximum absolute atomic E-state index is 14.3. The minimum atomic E-state index is -4.78. The number of nitriles is 1. The van der Waals surface area contributed by atoms with Gasteiger partial charge in [-0.15, -0.1) is 0 Å². The van der Waals surface area contributed by atoms with Crippen LogP contribution >= 0.6 is 0 Å². The van der Waals surface area contributed by atoms with Gasteiger partial charge in [0, 0.05) is 5.92 Å². The van der Waals surface area contributed by atoms with Gasteiger partial charge < -0.3 is 5.32 Å². The second kappa shape index (κ2) is 11.1. The van der Waals surface area contributed by atoms with E-state index < -0.39 is 41.3 Å². The second-order valence-electron chi connectivity index (χ2n) is 10.3. The van der Waals surface area contributed by atoms with E-state index in [0.717, 1.165) is 29.8 Å². The van der Waals surface area contributed by atoms with Gasteiger partial charge in [-0.3, -0.25) is 10.1 Å². The van der Waals surface area contributed by atoms with Crippen LogP contribution in [0.1, 0.15) is 49.8 Å². The second-order valence-corrected chi connectivity index (χ2v) is 10.3. The van der Waals surface area contributed by atoms with Crippen molar-refractivity contribution in [3.63, 3.8) is 0 Å². The molecule has 1 fully saturated rings. The van der Waals surface area contributed by atoms with Crippen LogP contribution in [0.5, 0.6) is 0 Å². The molecule has 0 bridgehead atoms. The Bertz CT molecular complexity index is 1330. The minimum absolute atomic E-state index is 0.0865. The molecule has 0 spiro atoms. The van der Waals surface area contributed by atoms with E-state index in [2.05, 4.69) is 16.7 Å². The molecule has 0 aliphatic heterocycles. The van der Waals surface area contributed by atoms with Crippen LogP contribution in [-0.2, 0) is 4.79 Å². The zero-order valence-electron chi connectivity index (χ0n) is 21.4. The van der Waals surface area contributed by atoms with Gasteiger partial charge in [-0.2, -0.15) is 18.4 Å². The standard InChI is InChI=1S/C30H28F5N3O/c1-18(2)15-25(28(39)38-29(17-36)16-22(29)19-7-4-3-5-8-19)37-27(30(33,34)35)21-13-11-20(12-14-21)26-23(31)9-6-10-24(26)32/h3-14,18,22,25,27,37H,15-16H2,1-2H3,(H,38,39)/t22-,25-,27-,29+/m0/s1. The third-order valence-electron chi connectivity index (χ3n) is 6.92. The van der Waals surface area contributed by atoms with Crippen molar-refractivity contribution < 1.29 is 26.7 Å². The molecule has 4 atom stereocenters. The van der Waals surface area contributed by atoms with Crippen LogP contribution < -0.4 is 10.6 Å². The van der Waals surface area contributed by atoms with Crippen molar-refractivity contribution in [1.82, 2.24) is 10.6 Å². The summed E-state index contributed by atoms with van der Waals surface area (Å²) >= 11 is 0. The van der Waals surface area contributed by atoms with E-state index in [9.17, 15) is 32.0 Å². The Morgan fingerprint density at radius 2 is 1.62 bits per heavy atom. The van der Waals surface area contributed by atoms with Crippen molar-refractivity contribution in [1.29, 1.82) is 5.26 Å². The van der Waals surface area contributed by atoms with Crippen LogP contribution in [0.15, 0.2) is 72.8 Å². The number of halogens is 5. The van der Waals surface area contributed by atoms with Crippen molar-refractivity contribution in [3.8, 4) is 17.2 Å². The quantitative estimate of drug-likeness (QED) is 0.293. The highest BCUT2D eigenvalue weighted by Crippen LogP contribution is 2.51. The van der Waals surface area contributed by atoms with E-state index in [-0.39, 0.29) is 34.9 Å². The number of nitrogens with one attached hydrogen (secondary N) is 2. The topological polar surface area (TPSA) is 64.9 Å². The zero-order valence-corrected chi connectivity index (χ0v) is 21.4. The van der Waals surface area contributed by atoms with Crippen LogP contribution in [0.3, 0.4) is 0 Å². The Balaban J connectivity index is 1.57. The molecule has 0 radical (unpaired) electrons. The van der Waals surface area contributed by atoms with Gasteiger partial charge in [0.25, 0.3) is 0 Å². The largest absolute Gasteiger partial charge is 0.407 e. The number of amides is 1. The van der Waals surface area contributed by atoms with Crippen molar-refractivity contribution in [3.05, 3.63) is 95.6 Å². The van der Waals surface area contributed by atoms with Gasteiger partial charge >= 0.3 is 6.18 Å². The first-order chi connectivity index (χ1) is 18.4. The van der Waals surface area contributed by atoms with E-state index in [1.165, 1.54) is 18.2 Å². The van der Waals surface area contributed by atoms with Crippen LogP contribution in [0.4, 0.5) is 22.0 Å². The highest BCUT2D eigenvalue weighted by Gasteiger charge is 2.57. The zero-order chi connectivity index (χ0) is 28.4. The lowest BCUT2D eigenvalue weighted by Crippen LogP contribution is -2.52. The van der Waals surface area contributed by atoms with Gasteiger partial charge in [0.15, 0.2) is 0 Å². The Labute approximate surface area is 223 Å². The van der Waals surface area contributed by atoms with Crippen LogP contribution in [-0.4, -0.2) is 23.7 Å². The molecular weight excluding hydrogens is 513 g/mol. The molecule has 1 saturated carbocycles. The Kier molecular flexibility index (Phi) is 8.07. The van der Waals surface area contributed by atoms with Crippen molar-refractivity contribution in [2.45, 2.75) is 56.4 Å². The number of carbonyl (C=O) groups is 1. The molecule has 2 N–H and O–H groups in total. The van der Waals surface area contributed by atoms with Crippen LogP contribution in [0, 0.1) is 28.9 Å². The summed E-state index contributed by atoms with van der Waals surface area (Å²) in [6.07, 6.45) is -4.32. The lowest BCUT2D eigenvalue weighted by Gasteiger charge is -2.29. The van der Waals surface area contributed by atoms with Gasteiger partial charge in [-0.1, -0.05) is 74.5 Å². The lowest BCUT2D eigenvalue weighted by atomic mass is 9.97. The molecule has 4 nitrogen and oxygen atoms in total. The number of rotatable bonds is 9. The van der Waals surface area contributed by atoms with Crippen LogP contribution in [0.25, 0.3) is 11.1 Å². The summed E-state index contributed by atoms with van der Waals surface area (Å²) < 4.78 is 71.1. The highest BCUT2D eigenvalue weighted by molar-refractivity contribution is 5.84. The lowest BCUT2D eigenvalue weighted by molar-refractivity contribution is -0.161. The predicted octanol–water partition coefficient (Wildman–Crippen LogP) is 6.81. The molecule has 0 aromatic heterocycles. The summed E-state index contributed by atoms with van der Waals surface area (Å²) in [5, 5.41) is 15.0. The Morgan fingerprint density at radius 1 is 1.00 bits per heavy atom. The summed E-state index contributed by atoms with van der Waals surface area (Å²) in [7, 11) is 0. The van der Waals surface area contributed by atoms with Gasteiger partial charge in [-0.05, 0) is 47.6 Å². The summed E-state index contributed by atoms with van der Waals surface area (Å²) in [6.45, 7) is 3.57. The van der Waals surface area contributed by atoms with E-state index in [4.69, 9.17) is 0 Å². The smallest absolute Gasteiger partial charge is 0.336 e. The monoisotopic (exact) mass is 541 g/mol. The fourth-order valence-corrected chi connectivity index (χ4v) is 4.87. The molecule has 0 saturated heterocycles. The summed E-state index contributed by atoms with van der Waals surface area (Å²) in [6, 6.07) is 15.9. The molecule has 0 heterocycles. The van der Waals surface area contributed by atoms with Crippen molar-refractivity contribution in [2.24, 2.45) is 5.92 Å². The first-order valence-corrected chi connectivity index (χ1v) is 12.6. The van der Waals surface area contributed by atoms with E-state index in [1.807, 2.05) is 30.3 Å². The van der Waals surface area contributed by atoms with Gasteiger partial charge in [0.05, 0.1) is 17.7 Å². The molecule has 204 valence electrons. The predicted molar refractivity (Wildman–Crippen MR) is 137 cm³/mol. The average molecular weight is 542 g/mol. The van der Waals surface area contributed by atoms with Crippen LogP contribution in [0.2, 0.25) is 0 Å². The molecule has 9 heteroatoms. The van der Waals surface area contributed by atoms with E-state index in [1.54, 1.807) is 13.8 Å². The number of nitrogens with zero attached hydrogens (tertiary/aromatic N) is 1. The van der Waals surface area contributed by atoms with Gasteiger partial charge in [-0.25, -0.2) is 8.78 Å². The maximum atomic E-state index is 14.3.